The zero-order valence-electron chi connectivity index (χ0n) is 14.3. The average molecular weight is 368 g/mol. The molecule has 0 saturated carbocycles. The highest BCUT2D eigenvalue weighted by molar-refractivity contribution is 7.22. The Balaban J connectivity index is 1.39. The Bertz CT molecular complexity index is 888. The van der Waals surface area contributed by atoms with E-state index in [0.29, 0.717) is 11.6 Å². The van der Waals surface area contributed by atoms with Crippen molar-refractivity contribution in [2.75, 3.05) is 11.9 Å². The van der Waals surface area contributed by atoms with Crippen molar-refractivity contribution in [3.63, 3.8) is 0 Å². The summed E-state index contributed by atoms with van der Waals surface area (Å²) < 4.78 is 12.4. The number of hydrogen-bond donors (Lipinski definition) is 1. The van der Waals surface area contributed by atoms with Gasteiger partial charge in [-0.15, -0.1) is 0 Å². The number of thiazole rings is 1. The van der Waals surface area contributed by atoms with Crippen LogP contribution in [0.2, 0.25) is 0 Å². The van der Waals surface area contributed by atoms with Gasteiger partial charge in [0.25, 0.3) is 0 Å². The van der Waals surface area contributed by atoms with Gasteiger partial charge in [-0.1, -0.05) is 29.5 Å². The predicted octanol–water partition coefficient (Wildman–Crippen LogP) is 4.99. The van der Waals surface area contributed by atoms with Crippen LogP contribution in [-0.4, -0.2) is 23.6 Å². The Labute approximate surface area is 156 Å². The lowest BCUT2D eigenvalue weighted by Gasteiger charge is -2.07. The Morgan fingerprint density at radius 1 is 1.23 bits per heavy atom. The monoisotopic (exact) mass is 368 g/mol. The van der Waals surface area contributed by atoms with Crippen molar-refractivity contribution in [1.29, 1.82) is 0 Å². The van der Waals surface area contributed by atoms with Crippen LogP contribution >= 0.6 is 11.3 Å². The third kappa shape index (κ3) is 4.20. The van der Waals surface area contributed by atoms with Crippen molar-refractivity contribution in [3.05, 3.63) is 48.5 Å². The molecule has 0 aliphatic carbocycles. The fourth-order valence-corrected chi connectivity index (χ4v) is 3.90. The van der Waals surface area contributed by atoms with Crippen LogP contribution < -0.4 is 10.1 Å². The highest BCUT2D eigenvalue weighted by Gasteiger charge is 2.17. The molecule has 1 aromatic heterocycles. The largest absolute Gasteiger partial charge is 0.457 e. The van der Waals surface area contributed by atoms with Crippen LogP contribution in [0.1, 0.15) is 25.7 Å². The Kier molecular flexibility index (Phi) is 5.13. The van der Waals surface area contributed by atoms with Crippen LogP contribution in [0, 0.1) is 0 Å². The summed E-state index contributed by atoms with van der Waals surface area (Å²) in [5.74, 6) is 1.53. The molecule has 3 aromatic rings. The standard InChI is InChI=1S/C20H20N2O3S/c23-19(11-9-14-7-4-12-24-14)22-20-21-17-10-8-16(13-18(17)26-20)25-15-5-2-1-3-6-15/h1-3,5-6,8,10,13-14H,4,7,9,11-12H2,(H,21,22,23). The minimum atomic E-state index is -0.0136. The number of nitrogens with zero attached hydrogens (tertiary/aromatic N) is 1. The van der Waals surface area contributed by atoms with Crippen LogP contribution in [0.5, 0.6) is 11.5 Å². The topological polar surface area (TPSA) is 60.5 Å². The number of ether oxygens (including phenoxy) is 2. The quantitative estimate of drug-likeness (QED) is 0.666. The predicted molar refractivity (Wildman–Crippen MR) is 103 cm³/mol. The molecule has 0 spiro atoms. The van der Waals surface area contributed by atoms with E-state index in [1.165, 1.54) is 11.3 Å². The minimum absolute atomic E-state index is 0.0136. The lowest BCUT2D eigenvalue weighted by Crippen LogP contribution is -2.15. The van der Waals surface area contributed by atoms with Crippen molar-refractivity contribution in [2.45, 2.75) is 31.8 Å². The number of benzene rings is 2. The van der Waals surface area contributed by atoms with E-state index in [4.69, 9.17) is 9.47 Å². The van der Waals surface area contributed by atoms with Gasteiger partial charge >= 0.3 is 0 Å². The van der Waals surface area contributed by atoms with Crippen molar-refractivity contribution < 1.29 is 14.3 Å². The zero-order chi connectivity index (χ0) is 17.8. The van der Waals surface area contributed by atoms with Gasteiger partial charge in [0.2, 0.25) is 5.91 Å². The minimum Gasteiger partial charge on any atom is -0.457 e. The molecule has 6 heteroatoms. The van der Waals surface area contributed by atoms with E-state index in [-0.39, 0.29) is 12.0 Å². The molecular weight excluding hydrogens is 348 g/mol. The summed E-state index contributed by atoms with van der Waals surface area (Å²) in [7, 11) is 0. The average Bonchev–Trinajstić information content (AvgIpc) is 3.29. The van der Waals surface area contributed by atoms with Gasteiger partial charge < -0.3 is 14.8 Å². The number of amides is 1. The van der Waals surface area contributed by atoms with Crippen LogP contribution in [0.4, 0.5) is 5.13 Å². The first-order chi connectivity index (χ1) is 12.8. The molecule has 1 aliphatic rings. The number of rotatable bonds is 6. The van der Waals surface area contributed by atoms with Crippen LogP contribution in [0.15, 0.2) is 48.5 Å². The van der Waals surface area contributed by atoms with E-state index in [2.05, 4.69) is 10.3 Å². The second-order valence-corrected chi connectivity index (χ2v) is 7.32. The Hall–Kier alpha value is -2.44. The zero-order valence-corrected chi connectivity index (χ0v) is 15.1. The van der Waals surface area contributed by atoms with Crippen LogP contribution in [0.3, 0.4) is 0 Å². The smallest absolute Gasteiger partial charge is 0.226 e. The maximum Gasteiger partial charge on any atom is 0.226 e. The summed E-state index contributed by atoms with van der Waals surface area (Å²) in [6, 6.07) is 15.4. The first-order valence-electron chi connectivity index (χ1n) is 8.81. The number of carbonyl (C=O) groups is 1. The number of nitrogens with one attached hydrogen (secondary N) is 1. The summed E-state index contributed by atoms with van der Waals surface area (Å²) in [4.78, 5) is 16.6. The van der Waals surface area contributed by atoms with Crippen molar-refractivity contribution in [2.24, 2.45) is 0 Å². The molecule has 1 aliphatic heterocycles. The van der Waals surface area contributed by atoms with Crippen molar-refractivity contribution in [1.82, 2.24) is 4.98 Å². The highest BCUT2D eigenvalue weighted by atomic mass is 32.1. The van der Waals surface area contributed by atoms with Gasteiger partial charge in [0.1, 0.15) is 11.5 Å². The first kappa shape index (κ1) is 17.0. The van der Waals surface area contributed by atoms with Crippen molar-refractivity contribution >= 4 is 32.6 Å². The van der Waals surface area contributed by atoms with Gasteiger partial charge in [-0.05, 0) is 43.5 Å². The van der Waals surface area contributed by atoms with Gasteiger partial charge in [0.05, 0.1) is 16.3 Å². The maximum atomic E-state index is 12.1. The molecule has 1 fully saturated rings. The molecule has 2 aromatic carbocycles. The molecule has 1 amide bonds. The lowest BCUT2D eigenvalue weighted by atomic mass is 10.1. The Morgan fingerprint density at radius 2 is 2.12 bits per heavy atom. The summed E-state index contributed by atoms with van der Waals surface area (Å²) in [6.45, 7) is 0.817. The molecule has 1 N–H and O–H groups in total. The van der Waals surface area contributed by atoms with Crippen molar-refractivity contribution in [3.8, 4) is 11.5 Å². The molecule has 1 unspecified atom stereocenters. The molecule has 5 nitrogen and oxygen atoms in total. The highest BCUT2D eigenvalue weighted by Crippen LogP contribution is 2.31. The van der Waals surface area contributed by atoms with E-state index in [1.807, 2.05) is 48.5 Å². The van der Waals surface area contributed by atoms with E-state index in [9.17, 15) is 4.79 Å². The number of para-hydroxylation sites is 1. The third-order valence-electron chi connectivity index (χ3n) is 4.30. The molecule has 1 atom stereocenters. The number of fused-ring (bicyclic) bond motifs is 1. The second kappa shape index (κ2) is 7.85. The van der Waals surface area contributed by atoms with Gasteiger partial charge in [0.15, 0.2) is 5.13 Å². The second-order valence-electron chi connectivity index (χ2n) is 6.29. The molecule has 0 bridgehead atoms. The van der Waals surface area contributed by atoms with Gasteiger partial charge in [-0.2, -0.15) is 0 Å². The first-order valence-corrected chi connectivity index (χ1v) is 9.63. The summed E-state index contributed by atoms with van der Waals surface area (Å²) >= 11 is 1.45. The number of anilines is 1. The fraction of sp³-hybridized carbons (Fsp3) is 0.300. The SMILES string of the molecule is O=C(CCC1CCCO1)Nc1nc2ccc(Oc3ccccc3)cc2s1. The third-order valence-corrected chi connectivity index (χ3v) is 5.24. The number of aromatic nitrogens is 1. The molecule has 1 saturated heterocycles. The van der Waals surface area contributed by atoms with Crippen LogP contribution in [0.25, 0.3) is 10.2 Å². The Morgan fingerprint density at radius 3 is 2.92 bits per heavy atom. The maximum absolute atomic E-state index is 12.1. The molecule has 134 valence electrons. The number of carbonyl (C=O) groups excluding carboxylic acids is 1. The van der Waals surface area contributed by atoms with E-state index < -0.39 is 0 Å². The van der Waals surface area contributed by atoms with Gasteiger partial charge in [-0.3, -0.25) is 4.79 Å². The molecule has 4 rings (SSSR count). The van der Waals surface area contributed by atoms with E-state index >= 15 is 0 Å². The normalized spacial score (nSPS) is 16.7. The summed E-state index contributed by atoms with van der Waals surface area (Å²) in [5.41, 5.74) is 0.852. The van der Waals surface area contributed by atoms with Gasteiger partial charge in [-0.25, -0.2) is 4.98 Å². The van der Waals surface area contributed by atoms with Gasteiger partial charge in [0, 0.05) is 19.1 Å². The molecule has 26 heavy (non-hydrogen) atoms. The summed E-state index contributed by atoms with van der Waals surface area (Å²) in [5, 5.41) is 3.52. The fourth-order valence-electron chi connectivity index (χ4n) is 2.99. The lowest BCUT2D eigenvalue weighted by molar-refractivity contribution is -0.116. The number of hydrogen-bond acceptors (Lipinski definition) is 5. The van der Waals surface area contributed by atoms with Crippen LogP contribution in [-0.2, 0) is 9.53 Å². The molecule has 2 heterocycles. The summed E-state index contributed by atoms with van der Waals surface area (Å²) in [6.07, 6.45) is 3.61. The van der Waals surface area contributed by atoms with E-state index in [1.54, 1.807) is 0 Å². The molecular formula is C20H20N2O3S. The van der Waals surface area contributed by atoms with E-state index in [0.717, 1.165) is 47.6 Å². The molecule has 0 radical (unpaired) electrons.